The van der Waals surface area contributed by atoms with Crippen LogP contribution in [-0.4, -0.2) is 14.8 Å². The maximum absolute atomic E-state index is 6.09. The average molecular weight is 252 g/mol. The monoisotopic (exact) mass is 251 g/mol. The molecule has 0 aliphatic heterocycles. The normalized spacial score (nSPS) is 10.6. The molecule has 6 heteroatoms. The number of pyridine rings is 1. The summed E-state index contributed by atoms with van der Waals surface area (Å²) >= 11 is 6.09. The molecule has 3 N–H and O–H groups in total. The number of rotatable bonds is 3. The van der Waals surface area contributed by atoms with Crippen molar-refractivity contribution in [3.63, 3.8) is 0 Å². The maximum atomic E-state index is 6.09. The fraction of sp³-hybridized carbons (Fsp3) is 0.273. The number of anilines is 1. The van der Waals surface area contributed by atoms with Gasteiger partial charge in [0.2, 0.25) is 0 Å². The number of hydrogen-bond donors (Lipinski definition) is 2. The quantitative estimate of drug-likeness (QED) is 0.646. The number of nitrogens with one attached hydrogen (secondary N) is 1. The van der Waals surface area contributed by atoms with Crippen molar-refractivity contribution in [2.45, 2.75) is 20.4 Å². The van der Waals surface area contributed by atoms with E-state index in [9.17, 15) is 0 Å². The van der Waals surface area contributed by atoms with Crippen LogP contribution in [0.1, 0.15) is 17.1 Å². The van der Waals surface area contributed by atoms with E-state index in [1.807, 2.05) is 24.6 Å². The van der Waals surface area contributed by atoms with Crippen molar-refractivity contribution in [2.75, 3.05) is 5.43 Å². The molecule has 0 atom stereocenters. The molecule has 5 nitrogen and oxygen atoms in total. The number of aryl methyl sites for hydroxylation is 1. The van der Waals surface area contributed by atoms with E-state index in [0.29, 0.717) is 11.6 Å². The van der Waals surface area contributed by atoms with Gasteiger partial charge < -0.3 is 5.43 Å². The van der Waals surface area contributed by atoms with E-state index in [-0.39, 0.29) is 0 Å². The second kappa shape index (κ2) is 4.73. The lowest BCUT2D eigenvalue weighted by Crippen LogP contribution is -2.09. The molecule has 0 saturated carbocycles. The summed E-state index contributed by atoms with van der Waals surface area (Å²) in [7, 11) is 0. The first-order valence-corrected chi connectivity index (χ1v) is 5.60. The molecule has 2 aromatic rings. The summed E-state index contributed by atoms with van der Waals surface area (Å²) in [6, 6.07) is 3.68. The molecule has 0 fully saturated rings. The summed E-state index contributed by atoms with van der Waals surface area (Å²) in [6.07, 6.45) is 1.71. The van der Waals surface area contributed by atoms with Crippen LogP contribution in [0.2, 0.25) is 5.02 Å². The summed E-state index contributed by atoms with van der Waals surface area (Å²) in [5.41, 5.74) is 6.06. The van der Waals surface area contributed by atoms with Crippen LogP contribution >= 0.6 is 11.6 Å². The minimum absolute atomic E-state index is 0.578. The fourth-order valence-corrected chi connectivity index (χ4v) is 1.77. The van der Waals surface area contributed by atoms with Gasteiger partial charge in [-0.25, -0.2) is 0 Å². The lowest BCUT2D eigenvalue weighted by molar-refractivity contribution is 0.647. The molecule has 0 radical (unpaired) electrons. The van der Waals surface area contributed by atoms with Crippen LogP contribution in [0.4, 0.5) is 5.69 Å². The molecule has 90 valence electrons. The third-order valence-corrected chi connectivity index (χ3v) is 3.14. The van der Waals surface area contributed by atoms with Gasteiger partial charge in [-0.05, 0) is 26.0 Å². The third-order valence-electron chi connectivity index (χ3n) is 2.59. The Balaban J connectivity index is 2.28. The van der Waals surface area contributed by atoms with Crippen molar-refractivity contribution < 1.29 is 0 Å². The van der Waals surface area contributed by atoms with Crippen LogP contribution in [-0.2, 0) is 6.54 Å². The number of nitrogens with zero attached hydrogens (tertiary/aromatic N) is 3. The van der Waals surface area contributed by atoms with E-state index in [4.69, 9.17) is 17.4 Å². The number of nitrogens with two attached hydrogens (primary N) is 1. The van der Waals surface area contributed by atoms with E-state index in [1.165, 1.54) is 0 Å². The molecule has 0 spiro atoms. The third kappa shape index (κ3) is 2.40. The maximum Gasteiger partial charge on any atom is 0.0844 e. The molecule has 0 aromatic carbocycles. The van der Waals surface area contributed by atoms with Gasteiger partial charge in [0.1, 0.15) is 0 Å². The summed E-state index contributed by atoms with van der Waals surface area (Å²) in [6.45, 7) is 4.40. The van der Waals surface area contributed by atoms with E-state index in [0.717, 1.165) is 22.8 Å². The van der Waals surface area contributed by atoms with Crippen LogP contribution in [0.25, 0.3) is 0 Å². The molecule has 2 aromatic heterocycles. The summed E-state index contributed by atoms with van der Waals surface area (Å²) < 4.78 is 1.83. The Bertz CT molecular complexity index is 535. The van der Waals surface area contributed by atoms with Gasteiger partial charge in [-0.3, -0.25) is 15.5 Å². The molecule has 0 amide bonds. The van der Waals surface area contributed by atoms with Gasteiger partial charge in [0.25, 0.3) is 0 Å². The Morgan fingerprint density at radius 1 is 1.47 bits per heavy atom. The fourth-order valence-electron chi connectivity index (χ4n) is 1.64. The Labute approximate surface area is 105 Å². The second-order valence-electron chi connectivity index (χ2n) is 3.82. The molecule has 0 aliphatic rings. The van der Waals surface area contributed by atoms with E-state index >= 15 is 0 Å². The van der Waals surface area contributed by atoms with E-state index < -0.39 is 0 Å². The first-order chi connectivity index (χ1) is 8.11. The van der Waals surface area contributed by atoms with Gasteiger partial charge in [0.05, 0.1) is 34.3 Å². The van der Waals surface area contributed by atoms with Gasteiger partial charge >= 0.3 is 0 Å². The Hall–Kier alpha value is -1.59. The highest BCUT2D eigenvalue weighted by Gasteiger charge is 2.09. The molecule has 2 rings (SSSR count). The number of nitrogen functional groups attached to an aromatic ring is 1. The lowest BCUT2D eigenvalue weighted by atomic mass is 10.3. The average Bonchev–Trinajstić information content (AvgIpc) is 2.57. The SMILES string of the molecule is Cc1nn(Cc2cc(NN)ccn2)c(C)c1Cl. The van der Waals surface area contributed by atoms with Crippen LogP contribution in [0.15, 0.2) is 18.3 Å². The summed E-state index contributed by atoms with van der Waals surface area (Å²) in [5.74, 6) is 5.35. The van der Waals surface area contributed by atoms with Gasteiger partial charge in [0, 0.05) is 6.20 Å². The Kier molecular flexibility index (Phi) is 3.31. The predicted octanol–water partition coefficient (Wildman–Crippen LogP) is 1.88. The molecule has 0 bridgehead atoms. The highest BCUT2D eigenvalue weighted by molar-refractivity contribution is 6.31. The molecule has 0 unspecified atom stereocenters. The van der Waals surface area contributed by atoms with Crippen molar-refractivity contribution >= 4 is 17.3 Å². The van der Waals surface area contributed by atoms with Gasteiger partial charge in [-0.15, -0.1) is 0 Å². The van der Waals surface area contributed by atoms with E-state index in [2.05, 4.69) is 15.5 Å². The van der Waals surface area contributed by atoms with Crippen LogP contribution in [0, 0.1) is 13.8 Å². The molecule has 17 heavy (non-hydrogen) atoms. The molecular weight excluding hydrogens is 238 g/mol. The second-order valence-corrected chi connectivity index (χ2v) is 4.20. The topological polar surface area (TPSA) is 68.8 Å². The minimum Gasteiger partial charge on any atom is -0.324 e. The first-order valence-electron chi connectivity index (χ1n) is 5.23. The molecule has 2 heterocycles. The predicted molar refractivity (Wildman–Crippen MR) is 67.9 cm³/mol. The highest BCUT2D eigenvalue weighted by Crippen LogP contribution is 2.19. The highest BCUT2D eigenvalue weighted by atomic mass is 35.5. The number of hydrazine groups is 1. The zero-order valence-corrected chi connectivity index (χ0v) is 10.5. The van der Waals surface area contributed by atoms with Crippen molar-refractivity contribution in [1.29, 1.82) is 0 Å². The van der Waals surface area contributed by atoms with Crippen LogP contribution in [0.5, 0.6) is 0 Å². The lowest BCUT2D eigenvalue weighted by Gasteiger charge is -2.05. The summed E-state index contributed by atoms with van der Waals surface area (Å²) in [5, 5.41) is 5.06. The van der Waals surface area contributed by atoms with Gasteiger partial charge in [0.15, 0.2) is 0 Å². The largest absolute Gasteiger partial charge is 0.324 e. The zero-order valence-electron chi connectivity index (χ0n) is 9.74. The smallest absolute Gasteiger partial charge is 0.0844 e. The van der Waals surface area contributed by atoms with Crippen molar-refractivity contribution in [1.82, 2.24) is 14.8 Å². The van der Waals surface area contributed by atoms with Gasteiger partial charge in [-0.1, -0.05) is 11.6 Å². The van der Waals surface area contributed by atoms with Crippen molar-refractivity contribution in [3.8, 4) is 0 Å². The van der Waals surface area contributed by atoms with Crippen molar-refractivity contribution in [2.24, 2.45) is 5.84 Å². The zero-order chi connectivity index (χ0) is 12.4. The summed E-state index contributed by atoms with van der Waals surface area (Å²) in [4.78, 5) is 4.26. The molecular formula is C11H14ClN5. The van der Waals surface area contributed by atoms with Crippen molar-refractivity contribution in [3.05, 3.63) is 40.4 Å². The Morgan fingerprint density at radius 3 is 2.82 bits per heavy atom. The molecule has 0 aliphatic carbocycles. The number of aromatic nitrogens is 3. The number of hydrogen-bond acceptors (Lipinski definition) is 4. The number of halogens is 1. The standard InChI is InChI=1S/C11H14ClN5/c1-7-11(12)8(2)17(16-7)6-10-5-9(15-13)3-4-14-10/h3-5H,6,13H2,1-2H3,(H,14,15). The first kappa shape index (κ1) is 11.9. The Morgan fingerprint density at radius 2 is 2.24 bits per heavy atom. The van der Waals surface area contributed by atoms with Crippen LogP contribution < -0.4 is 11.3 Å². The van der Waals surface area contributed by atoms with Crippen LogP contribution in [0.3, 0.4) is 0 Å². The van der Waals surface area contributed by atoms with E-state index in [1.54, 1.807) is 12.3 Å². The minimum atomic E-state index is 0.578. The van der Waals surface area contributed by atoms with Gasteiger partial charge in [-0.2, -0.15) is 5.10 Å². The molecule has 0 saturated heterocycles.